The van der Waals surface area contributed by atoms with Crippen molar-refractivity contribution in [1.29, 1.82) is 0 Å². The van der Waals surface area contributed by atoms with Crippen LogP contribution in [0.15, 0.2) is 28.7 Å². The van der Waals surface area contributed by atoms with Gasteiger partial charge in [0.1, 0.15) is 11.5 Å². The van der Waals surface area contributed by atoms with Crippen LogP contribution >= 0.6 is 0 Å². The maximum absolute atomic E-state index is 12.5. The predicted octanol–water partition coefficient (Wildman–Crippen LogP) is 3.44. The molecule has 2 aliphatic rings. The number of nitrogens with one attached hydrogen (secondary N) is 1. The third-order valence-corrected chi connectivity index (χ3v) is 5.00. The molecule has 2 heterocycles. The fourth-order valence-corrected chi connectivity index (χ4v) is 3.47. The number of hydrogen-bond donors (Lipinski definition) is 1. The molecule has 1 aliphatic heterocycles. The number of fused-ring (bicyclic) bond motifs is 1. The van der Waals surface area contributed by atoms with Crippen molar-refractivity contribution in [3.05, 3.63) is 52.5 Å². The Bertz CT molecular complexity index is 849. The van der Waals surface area contributed by atoms with Crippen molar-refractivity contribution in [1.82, 2.24) is 4.90 Å². The Balaban J connectivity index is 1.50. The summed E-state index contributed by atoms with van der Waals surface area (Å²) in [4.78, 5) is 26.7. The quantitative estimate of drug-likeness (QED) is 0.932. The largest absolute Gasteiger partial charge is 0.466 e. The van der Waals surface area contributed by atoms with Crippen molar-refractivity contribution in [3.63, 3.8) is 0 Å². The molecule has 1 aromatic heterocycles. The van der Waals surface area contributed by atoms with E-state index in [-0.39, 0.29) is 17.7 Å². The van der Waals surface area contributed by atoms with Crippen molar-refractivity contribution in [2.24, 2.45) is 5.92 Å². The van der Waals surface area contributed by atoms with Crippen molar-refractivity contribution < 1.29 is 14.0 Å². The number of carbonyl (C=O) groups is 2. The fourth-order valence-electron chi connectivity index (χ4n) is 3.47. The van der Waals surface area contributed by atoms with Crippen LogP contribution in [0.5, 0.6) is 0 Å². The molecule has 0 spiro atoms. The lowest BCUT2D eigenvalue weighted by Crippen LogP contribution is -2.36. The molecule has 5 heteroatoms. The van der Waals surface area contributed by atoms with Gasteiger partial charge in [0.05, 0.1) is 5.56 Å². The van der Waals surface area contributed by atoms with Crippen LogP contribution in [0.25, 0.3) is 0 Å². The van der Waals surface area contributed by atoms with Crippen LogP contribution in [0.2, 0.25) is 0 Å². The molecule has 0 unspecified atom stereocenters. The summed E-state index contributed by atoms with van der Waals surface area (Å²) in [6, 6.07) is 7.72. The Morgan fingerprint density at radius 1 is 1.16 bits per heavy atom. The highest BCUT2D eigenvalue weighted by Crippen LogP contribution is 2.33. The summed E-state index contributed by atoms with van der Waals surface area (Å²) < 4.78 is 5.43. The highest BCUT2D eigenvalue weighted by molar-refractivity contribution is 6.05. The van der Waals surface area contributed by atoms with E-state index in [1.165, 1.54) is 5.56 Å². The highest BCUT2D eigenvalue weighted by Gasteiger charge is 2.34. The molecule has 0 atom stereocenters. The van der Waals surface area contributed by atoms with Gasteiger partial charge in [0, 0.05) is 24.7 Å². The number of anilines is 1. The fraction of sp³-hybridized carbons (Fsp3) is 0.400. The van der Waals surface area contributed by atoms with Gasteiger partial charge < -0.3 is 14.6 Å². The van der Waals surface area contributed by atoms with Gasteiger partial charge in [-0.3, -0.25) is 9.59 Å². The first kappa shape index (κ1) is 15.9. The first-order valence-electron chi connectivity index (χ1n) is 8.80. The van der Waals surface area contributed by atoms with Gasteiger partial charge in [0.15, 0.2) is 0 Å². The van der Waals surface area contributed by atoms with Gasteiger partial charge in [-0.2, -0.15) is 0 Å². The van der Waals surface area contributed by atoms with Crippen LogP contribution < -0.4 is 5.32 Å². The molecule has 2 amide bonds. The first-order valence-corrected chi connectivity index (χ1v) is 8.80. The van der Waals surface area contributed by atoms with Gasteiger partial charge in [-0.15, -0.1) is 0 Å². The molecule has 2 aromatic rings. The van der Waals surface area contributed by atoms with E-state index >= 15 is 0 Å². The summed E-state index contributed by atoms with van der Waals surface area (Å²) in [6.07, 6.45) is 2.94. The number of carbonyl (C=O) groups excluding carboxylic acids is 2. The summed E-state index contributed by atoms with van der Waals surface area (Å²) >= 11 is 0. The Hall–Kier alpha value is -2.56. The van der Waals surface area contributed by atoms with Crippen LogP contribution in [-0.4, -0.2) is 23.3 Å². The maximum Gasteiger partial charge on any atom is 0.259 e. The second kappa shape index (κ2) is 6.06. The van der Waals surface area contributed by atoms with Crippen molar-refractivity contribution in [2.45, 2.75) is 39.7 Å². The minimum atomic E-state index is -0.170. The summed E-state index contributed by atoms with van der Waals surface area (Å²) in [5.41, 5.74) is 3.69. The Labute approximate surface area is 147 Å². The number of amides is 2. The molecule has 0 radical (unpaired) electrons. The van der Waals surface area contributed by atoms with Crippen LogP contribution in [0, 0.1) is 19.8 Å². The lowest BCUT2D eigenvalue weighted by atomic mass is 9.98. The van der Waals surface area contributed by atoms with E-state index in [4.69, 9.17) is 4.42 Å². The van der Waals surface area contributed by atoms with Crippen LogP contribution in [0.4, 0.5) is 5.69 Å². The number of benzene rings is 1. The number of aryl methyl sites for hydroxylation is 2. The number of hydrogen-bond acceptors (Lipinski definition) is 3. The molecule has 1 fully saturated rings. The molecule has 130 valence electrons. The smallest absolute Gasteiger partial charge is 0.259 e. The average molecular weight is 338 g/mol. The molecule has 0 bridgehead atoms. The zero-order valence-corrected chi connectivity index (χ0v) is 14.6. The standard InChI is InChI=1S/C20H22N2O3/c1-12-9-18(13(2)25-12)19(23)21-17-6-5-14-7-8-22(11-16(14)10-17)20(24)15-3-4-15/h5-6,9-10,15H,3-4,7-8,11H2,1-2H3,(H,21,23). The van der Waals surface area contributed by atoms with Crippen LogP contribution in [-0.2, 0) is 17.8 Å². The molecule has 0 saturated heterocycles. The van der Waals surface area contributed by atoms with Gasteiger partial charge in [-0.05, 0) is 62.4 Å². The molecular formula is C20H22N2O3. The lowest BCUT2D eigenvalue weighted by molar-refractivity contribution is -0.133. The minimum absolute atomic E-state index is 0.170. The van der Waals surface area contributed by atoms with Crippen molar-refractivity contribution in [3.8, 4) is 0 Å². The lowest BCUT2D eigenvalue weighted by Gasteiger charge is -2.29. The molecule has 1 saturated carbocycles. The molecule has 1 aromatic carbocycles. The van der Waals surface area contributed by atoms with E-state index in [9.17, 15) is 9.59 Å². The van der Waals surface area contributed by atoms with Gasteiger partial charge in [0.25, 0.3) is 5.91 Å². The van der Waals surface area contributed by atoms with E-state index in [0.717, 1.165) is 42.8 Å². The molecule has 1 aliphatic carbocycles. The molecule has 4 rings (SSSR count). The Morgan fingerprint density at radius 2 is 1.96 bits per heavy atom. The zero-order valence-electron chi connectivity index (χ0n) is 14.6. The van der Waals surface area contributed by atoms with E-state index in [0.29, 0.717) is 17.9 Å². The van der Waals surface area contributed by atoms with Crippen molar-refractivity contribution in [2.75, 3.05) is 11.9 Å². The topological polar surface area (TPSA) is 62.6 Å². The van der Waals surface area contributed by atoms with Gasteiger partial charge in [-0.1, -0.05) is 6.07 Å². The number of furan rings is 1. The molecular weight excluding hydrogens is 316 g/mol. The Morgan fingerprint density at radius 3 is 2.64 bits per heavy atom. The number of rotatable bonds is 3. The molecule has 5 nitrogen and oxygen atoms in total. The maximum atomic E-state index is 12.5. The first-order chi connectivity index (χ1) is 12.0. The predicted molar refractivity (Wildman–Crippen MR) is 94.4 cm³/mol. The second-order valence-electron chi connectivity index (χ2n) is 7.05. The average Bonchev–Trinajstić information content (AvgIpc) is 3.38. The molecule has 25 heavy (non-hydrogen) atoms. The number of nitrogens with zero attached hydrogens (tertiary/aromatic N) is 1. The zero-order chi connectivity index (χ0) is 17.6. The van der Waals surface area contributed by atoms with E-state index in [1.54, 1.807) is 13.0 Å². The van der Waals surface area contributed by atoms with Gasteiger partial charge >= 0.3 is 0 Å². The highest BCUT2D eigenvalue weighted by atomic mass is 16.3. The van der Waals surface area contributed by atoms with E-state index in [1.807, 2.05) is 24.0 Å². The van der Waals surface area contributed by atoms with Crippen molar-refractivity contribution >= 4 is 17.5 Å². The minimum Gasteiger partial charge on any atom is -0.466 e. The summed E-state index contributed by atoms with van der Waals surface area (Å²) in [5.74, 6) is 1.70. The van der Waals surface area contributed by atoms with Crippen LogP contribution in [0.3, 0.4) is 0 Å². The van der Waals surface area contributed by atoms with E-state index in [2.05, 4.69) is 11.4 Å². The summed E-state index contributed by atoms with van der Waals surface area (Å²) in [5, 5.41) is 2.94. The van der Waals surface area contributed by atoms with Gasteiger partial charge in [-0.25, -0.2) is 0 Å². The molecule has 1 N–H and O–H groups in total. The summed E-state index contributed by atoms with van der Waals surface area (Å²) in [6.45, 7) is 5.05. The monoisotopic (exact) mass is 338 g/mol. The third-order valence-electron chi connectivity index (χ3n) is 5.00. The SMILES string of the molecule is Cc1cc(C(=O)Nc2ccc3c(c2)CN(C(=O)C2CC2)CC3)c(C)o1. The third kappa shape index (κ3) is 3.18. The Kier molecular flexibility index (Phi) is 3.86. The second-order valence-corrected chi connectivity index (χ2v) is 7.05. The van der Waals surface area contributed by atoms with Crippen LogP contribution in [0.1, 0.15) is 45.8 Å². The normalized spacial score (nSPS) is 16.5. The summed E-state index contributed by atoms with van der Waals surface area (Å²) in [7, 11) is 0. The van der Waals surface area contributed by atoms with E-state index < -0.39 is 0 Å². The van der Waals surface area contributed by atoms with Gasteiger partial charge in [0.2, 0.25) is 5.91 Å².